The van der Waals surface area contributed by atoms with Gasteiger partial charge in [0.15, 0.2) is 5.82 Å². The van der Waals surface area contributed by atoms with Gasteiger partial charge in [-0.3, -0.25) is 4.79 Å². The molecule has 8 heteroatoms. The summed E-state index contributed by atoms with van der Waals surface area (Å²) in [6.07, 6.45) is 1.98. The smallest absolute Gasteiger partial charge is 0.230 e. The first-order valence-corrected chi connectivity index (χ1v) is 7.66. The van der Waals surface area contributed by atoms with Crippen molar-refractivity contribution in [2.75, 3.05) is 50.2 Å². The molecule has 8 nitrogen and oxygen atoms in total. The predicted molar refractivity (Wildman–Crippen MR) is 81.8 cm³/mol. The van der Waals surface area contributed by atoms with E-state index in [-0.39, 0.29) is 11.8 Å². The maximum absolute atomic E-state index is 11.8. The Labute approximate surface area is 129 Å². The number of rotatable bonds is 5. The van der Waals surface area contributed by atoms with Crippen LogP contribution in [0.2, 0.25) is 0 Å². The zero-order valence-corrected chi connectivity index (χ0v) is 13.1. The Balaban J connectivity index is 1.75. The van der Waals surface area contributed by atoms with Gasteiger partial charge in [0.1, 0.15) is 0 Å². The molecule has 1 aliphatic heterocycles. The molecule has 2 heterocycles. The highest BCUT2D eigenvalue weighted by Crippen LogP contribution is 2.28. The molecule has 1 aromatic heterocycles. The molecule has 22 heavy (non-hydrogen) atoms. The minimum absolute atomic E-state index is 0.0970. The molecule has 1 amide bonds. The van der Waals surface area contributed by atoms with Crippen molar-refractivity contribution < 1.29 is 9.53 Å². The largest absolute Gasteiger partial charge is 0.378 e. The monoisotopic (exact) mass is 306 g/mol. The molecule has 0 atom stereocenters. The molecular formula is C14H22N6O2. The molecule has 0 spiro atoms. The van der Waals surface area contributed by atoms with E-state index in [1.54, 1.807) is 0 Å². The molecule has 2 fully saturated rings. The molecule has 1 saturated carbocycles. The van der Waals surface area contributed by atoms with Gasteiger partial charge in [-0.25, -0.2) is 0 Å². The van der Waals surface area contributed by atoms with Crippen LogP contribution >= 0.6 is 0 Å². The number of anilines is 2. The number of morpholine rings is 1. The van der Waals surface area contributed by atoms with E-state index in [4.69, 9.17) is 4.74 Å². The lowest BCUT2D eigenvalue weighted by molar-refractivity contribution is -0.122. The van der Waals surface area contributed by atoms with Gasteiger partial charge in [-0.2, -0.15) is 15.0 Å². The van der Waals surface area contributed by atoms with Crippen LogP contribution in [0.25, 0.3) is 0 Å². The minimum atomic E-state index is 0.0970. The van der Waals surface area contributed by atoms with Crippen molar-refractivity contribution in [2.24, 2.45) is 5.92 Å². The zero-order valence-electron chi connectivity index (χ0n) is 13.1. The van der Waals surface area contributed by atoms with Crippen LogP contribution < -0.4 is 15.1 Å². The van der Waals surface area contributed by atoms with Crippen LogP contribution in [0.3, 0.4) is 0 Å². The molecule has 2 aliphatic rings. The van der Waals surface area contributed by atoms with E-state index in [2.05, 4.69) is 25.2 Å². The number of carbonyl (C=O) groups is 1. The molecule has 0 bridgehead atoms. The third-order valence-corrected chi connectivity index (χ3v) is 3.72. The summed E-state index contributed by atoms with van der Waals surface area (Å²) in [6.45, 7) is 3.24. The highest BCUT2D eigenvalue weighted by atomic mass is 16.5. The van der Waals surface area contributed by atoms with Gasteiger partial charge in [0.2, 0.25) is 17.8 Å². The lowest BCUT2D eigenvalue weighted by Crippen LogP contribution is -2.38. The van der Waals surface area contributed by atoms with Crippen molar-refractivity contribution >= 4 is 17.8 Å². The third-order valence-electron chi connectivity index (χ3n) is 3.72. The van der Waals surface area contributed by atoms with E-state index in [0.717, 1.165) is 25.9 Å². The second-order valence-corrected chi connectivity index (χ2v) is 5.84. The first-order chi connectivity index (χ1) is 10.6. The number of nitrogens with zero attached hydrogens (tertiary/aromatic N) is 5. The van der Waals surface area contributed by atoms with Crippen LogP contribution in [0.5, 0.6) is 0 Å². The summed E-state index contributed by atoms with van der Waals surface area (Å²) in [4.78, 5) is 29.1. The quantitative estimate of drug-likeness (QED) is 0.806. The van der Waals surface area contributed by atoms with Gasteiger partial charge >= 0.3 is 0 Å². The van der Waals surface area contributed by atoms with E-state index in [1.807, 2.05) is 19.0 Å². The SMILES string of the molecule is CN(C)c1nc(CNC(=O)C2CC2)nc(N2CCOCC2)n1. The van der Waals surface area contributed by atoms with Crippen molar-refractivity contribution in [1.29, 1.82) is 0 Å². The summed E-state index contributed by atoms with van der Waals surface area (Å²) in [7, 11) is 3.79. The van der Waals surface area contributed by atoms with E-state index in [1.165, 1.54) is 0 Å². The Morgan fingerprint density at radius 1 is 1.27 bits per heavy atom. The second kappa shape index (κ2) is 6.43. The Bertz CT molecular complexity index is 540. The Kier molecular flexibility index (Phi) is 4.37. The molecule has 0 unspecified atom stereocenters. The van der Waals surface area contributed by atoms with Crippen molar-refractivity contribution in [2.45, 2.75) is 19.4 Å². The Morgan fingerprint density at radius 3 is 2.64 bits per heavy atom. The number of amides is 1. The van der Waals surface area contributed by atoms with Crippen LogP contribution in [0.15, 0.2) is 0 Å². The highest BCUT2D eigenvalue weighted by molar-refractivity contribution is 5.80. The van der Waals surface area contributed by atoms with Crippen molar-refractivity contribution in [1.82, 2.24) is 20.3 Å². The third kappa shape index (κ3) is 3.62. The molecule has 0 radical (unpaired) electrons. The molecule has 1 aromatic rings. The fourth-order valence-electron chi connectivity index (χ4n) is 2.24. The Morgan fingerprint density at radius 2 is 2.00 bits per heavy atom. The van der Waals surface area contributed by atoms with Crippen molar-refractivity contribution in [3.63, 3.8) is 0 Å². The van der Waals surface area contributed by atoms with E-state index >= 15 is 0 Å². The fourth-order valence-corrected chi connectivity index (χ4v) is 2.24. The van der Waals surface area contributed by atoms with Gasteiger partial charge in [-0.05, 0) is 12.8 Å². The maximum Gasteiger partial charge on any atom is 0.230 e. The molecular weight excluding hydrogens is 284 g/mol. The summed E-state index contributed by atoms with van der Waals surface area (Å²) < 4.78 is 5.36. The number of hydrogen-bond acceptors (Lipinski definition) is 7. The number of ether oxygens (including phenoxy) is 1. The molecule has 1 aliphatic carbocycles. The van der Waals surface area contributed by atoms with E-state index in [9.17, 15) is 4.79 Å². The molecule has 3 rings (SSSR count). The number of hydrogen-bond donors (Lipinski definition) is 1. The lowest BCUT2D eigenvalue weighted by Gasteiger charge is -2.27. The Hall–Kier alpha value is -1.96. The van der Waals surface area contributed by atoms with Crippen LogP contribution in [-0.2, 0) is 16.1 Å². The highest BCUT2D eigenvalue weighted by Gasteiger charge is 2.29. The summed E-state index contributed by atoms with van der Waals surface area (Å²) in [6, 6.07) is 0. The number of carbonyl (C=O) groups excluding carboxylic acids is 1. The van der Waals surface area contributed by atoms with Gasteiger partial charge in [0.05, 0.1) is 19.8 Å². The van der Waals surface area contributed by atoms with Crippen LogP contribution in [0.4, 0.5) is 11.9 Å². The second-order valence-electron chi connectivity index (χ2n) is 5.84. The summed E-state index contributed by atoms with van der Waals surface area (Å²) >= 11 is 0. The molecule has 1 N–H and O–H groups in total. The molecule has 0 aromatic carbocycles. The lowest BCUT2D eigenvalue weighted by atomic mass is 10.4. The average molecular weight is 306 g/mol. The van der Waals surface area contributed by atoms with Crippen LogP contribution in [0.1, 0.15) is 18.7 Å². The average Bonchev–Trinajstić information content (AvgIpc) is 3.38. The van der Waals surface area contributed by atoms with Gasteiger partial charge in [0, 0.05) is 33.1 Å². The first kappa shape index (κ1) is 15.0. The topological polar surface area (TPSA) is 83.5 Å². The van der Waals surface area contributed by atoms with Crippen LogP contribution in [0, 0.1) is 5.92 Å². The van der Waals surface area contributed by atoms with Gasteiger partial charge in [-0.15, -0.1) is 0 Å². The predicted octanol–water partition coefficient (Wildman–Crippen LogP) is -0.200. The maximum atomic E-state index is 11.8. The standard InChI is InChI=1S/C14H22N6O2/c1-19(2)13-16-11(9-15-12(21)10-3-4-10)17-14(18-13)20-5-7-22-8-6-20/h10H,3-9H2,1-2H3,(H,15,21). The number of aromatic nitrogens is 3. The normalized spacial score (nSPS) is 18.2. The van der Waals surface area contributed by atoms with Crippen LogP contribution in [-0.4, -0.2) is 61.3 Å². The molecule has 1 saturated heterocycles. The summed E-state index contributed by atoms with van der Waals surface area (Å²) in [5, 5.41) is 2.90. The van der Waals surface area contributed by atoms with E-state index in [0.29, 0.717) is 37.5 Å². The van der Waals surface area contributed by atoms with Crippen molar-refractivity contribution in [3.8, 4) is 0 Å². The van der Waals surface area contributed by atoms with Gasteiger partial charge in [-0.1, -0.05) is 0 Å². The van der Waals surface area contributed by atoms with Gasteiger partial charge < -0.3 is 19.9 Å². The van der Waals surface area contributed by atoms with E-state index < -0.39 is 0 Å². The fraction of sp³-hybridized carbons (Fsp3) is 0.714. The molecule has 120 valence electrons. The zero-order chi connectivity index (χ0) is 15.5. The minimum Gasteiger partial charge on any atom is -0.378 e. The summed E-state index contributed by atoms with van der Waals surface area (Å²) in [5.74, 6) is 2.13. The summed E-state index contributed by atoms with van der Waals surface area (Å²) in [5.41, 5.74) is 0. The number of nitrogens with one attached hydrogen (secondary N) is 1. The van der Waals surface area contributed by atoms with Gasteiger partial charge in [0.25, 0.3) is 0 Å². The first-order valence-electron chi connectivity index (χ1n) is 7.66. The van der Waals surface area contributed by atoms with Crippen molar-refractivity contribution in [3.05, 3.63) is 5.82 Å².